The molecule has 0 bridgehead atoms. The molecule has 6 heteroatoms. The van der Waals surface area contributed by atoms with Crippen molar-refractivity contribution in [2.24, 2.45) is 0 Å². The van der Waals surface area contributed by atoms with Crippen LogP contribution in [-0.2, 0) is 6.42 Å². The number of carbonyl (C=O) groups excluding carboxylic acids is 1. The number of rotatable bonds is 5. The number of halogens is 2. The molecule has 1 amide bonds. The Morgan fingerprint density at radius 2 is 1.68 bits per heavy atom. The number of carboxylic acid groups (broad SMARTS) is 1. The highest BCUT2D eigenvalue weighted by Crippen LogP contribution is 2.32. The first-order valence-corrected chi connectivity index (χ1v) is 8.62. The van der Waals surface area contributed by atoms with Crippen molar-refractivity contribution < 1.29 is 23.5 Å². The second-order valence-corrected chi connectivity index (χ2v) is 6.17. The molecular weight excluding hydrogens is 364 g/mol. The Kier molecular flexibility index (Phi) is 5.49. The summed E-state index contributed by atoms with van der Waals surface area (Å²) in [7, 11) is 0. The molecular formula is C22H17F2NO3. The number of nitrogens with one attached hydrogen (secondary N) is 1. The molecule has 0 saturated heterocycles. The second kappa shape index (κ2) is 8.00. The van der Waals surface area contributed by atoms with Crippen molar-refractivity contribution in [2.45, 2.75) is 13.3 Å². The van der Waals surface area contributed by atoms with Crippen molar-refractivity contribution in [3.8, 4) is 11.1 Å². The number of anilines is 1. The third-order valence-electron chi connectivity index (χ3n) is 4.34. The fourth-order valence-corrected chi connectivity index (χ4v) is 2.94. The van der Waals surface area contributed by atoms with Crippen LogP contribution in [0.3, 0.4) is 0 Å². The van der Waals surface area contributed by atoms with Crippen LogP contribution in [0.4, 0.5) is 14.5 Å². The summed E-state index contributed by atoms with van der Waals surface area (Å²) in [6.45, 7) is 1.96. The van der Waals surface area contributed by atoms with Gasteiger partial charge in [-0.25, -0.2) is 13.6 Å². The van der Waals surface area contributed by atoms with Crippen molar-refractivity contribution in [3.05, 3.63) is 89.0 Å². The van der Waals surface area contributed by atoms with Gasteiger partial charge in [0.2, 0.25) is 0 Å². The van der Waals surface area contributed by atoms with Crippen molar-refractivity contribution in [2.75, 3.05) is 5.32 Å². The lowest BCUT2D eigenvalue weighted by Crippen LogP contribution is -2.17. The highest BCUT2D eigenvalue weighted by molar-refractivity contribution is 6.11. The smallest absolute Gasteiger partial charge is 0.336 e. The standard InChI is InChI=1S/C22H17F2NO3/c1-2-13-6-5-7-14(10-13)18-11-15(23)12-19(24)20(18)25-21(26)16-8-3-4-9-17(16)22(27)28/h3-12H,2H2,1H3,(H,25,26)(H,27,28). The monoisotopic (exact) mass is 381 g/mol. The SMILES string of the molecule is CCc1cccc(-c2cc(F)cc(F)c2NC(=O)c2ccccc2C(=O)O)c1. The summed E-state index contributed by atoms with van der Waals surface area (Å²) in [6, 6.07) is 14.5. The van der Waals surface area contributed by atoms with Crippen LogP contribution in [0.15, 0.2) is 60.7 Å². The third kappa shape index (κ3) is 3.91. The average molecular weight is 381 g/mol. The molecule has 0 fully saturated rings. The molecule has 3 rings (SSSR count). The Balaban J connectivity index is 2.08. The fraction of sp³-hybridized carbons (Fsp3) is 0.0909. The highest BCUT2D eigenvalue weighted by atomic mass is 19.1. The molecule has 2 N–H and O–H groups in total. The number of carboxylic acids is 1. The third-order valence-corrected chi connectivity index (χ3v) is 4.34. The molecule has 0 radical (unpaired) electrons. The molecule has 3 aromatic carbocycles. The molecule has 0 atom stereocenters. The van der Waals surface area contributed by atoms with Gasteiger partial charge in [0, 0.05) is 11.6 Å². The van der Waals surface area contributed by atoms with E-state index in [1.807, 2.05) is 13.0 Å². The maximum absolute atomic E-state index is 14.5. The topological polar surface area (TPSA) is 66.4 Å². The van der Waals surface area contributed by atoms with Crippen LogP contribution < -0.4 is 5.32 Å². The van der Waals surface area contributed by atoms with E-state index < -0.39 is 23.5 Å². The van der Waals surface area contributed by atoms with E-state index in [2.05, 4.69) is 5.32 Å². The van der Waals surface area contributed by atoms with Gasteiger partial charge in [-0.1, -0.05) is 43.3 Å². The lowest BCUT2D eigenvalue weighted by atomic mass is 9.99. The van der Waals surface area contributed by atoms with Crippen LogP contribution in [-0.4, -0.2) is 17.0 Å². The molecule has 0 aliphatic rings. The van der Waals surface area contributed by atoms with Gasteiger partial charge in [0.05, 0.1) is 16.8 Å². The number of hydrogen-bond donors (Lipinski definition) is 2. The molecule has 0 unspecified atom stereocenters. The quantitative estimate of drug-likeness (QED) is 0.643. The van der Waals surface area contributed by atoms with E-state index in [1.54, 1.807) is 18.2 Å². The summed E-state index contributed by atoms with van der Waals surface area (Å²) in [5.41, 5.74) is 1.15. The van der Waals surface area contributed by atoms with Gasteiger partial charge in [-0.15, -0.1) is 0 Å². The molecule has 0 saturated carbocycles. The van der Waals surface area contributed by atoms with E-state index in [-0.39, 0.29) is 22.4 Å². The van der Waals surface area contributed by atoms with E-state index in [9.17, 15) is 23.5 Å². The maximum Gasteiger partial charge on any atom is 0.336 e. The van der Waals surface area contributed by atoms with Crippen LogP contribution in [0.5, 0.6) is 0 Å². The predicted molar refractivity (Wildman–Crippen MR) is 103 cm³/mol. The zero-order valence-electron chi connectivity index (χ0n) is 15.0. The van der Waals surface area contributed by atoms with Gasteiger partial charge in [0.15, 0.2) is 0 Å². The van der Waals surface area contributed by atoms with Gasteiger partial charge < -0.3 is 10.4 Å². The second-order valence-electron chi connectivity index (χ2n) is 6.17. The van der Waals surface area contributed by atoms with Crippen molar-refractivity contribution in [1.82, 2.24) is 0 Å². The molecule has 0 heterocycles. The summed E-state index contributed by atoms with van der Waals surface area (Å²) >= 11 is 0. The van der Waals surface area contributed by atoms with E-state index in [1.165, 1.54) is 24.3 Å². The van der Waals surface area contributed by atoms with E-state index in [0.29, 0.717) is 11.6 Å². The van der Waals surface area contributed by atoms with Crippen LogP contribution in [0.2, 0.25) is 0 Å². The molecule has 0 aliphatic heterocycles. The first-order chi connectivity index (χ1) is 13.4. The maximum atomic E-state index is 14.5. The first-order valence-electron chi connectivity index (χ1n) is 8.62. The molecule has 3 aromatic rings. The van der Waals surface area contributed by atoms with Gasteiger partial charge >= 0.3 is 5.97 Å². The van der Waals surface area contributed by atoms with Crippen molar-refractivity contribution in [3.63, 3.8) is 0 Å². The largest absolute Gasteiger partial charge is 0.478 e. The Bertz CT molecular complexity index is 1060. The molecule has 4 nitrogen and oxygen atoms in total. The Labute approximate surface area is 160 Å². The summed E-state index contributed by atoms with van der Waals surface area (Å²) < 4.78 is 28.4. The van der Waals surface area contributed by atoms with Crippen molar-refractivity contribution >= 4 is 17.6 Å². The average Bonchev–Trinajstić information content (AvgIpc) is 2.69. The van der Waals surface area contributed by atoms with Crippen LogP contribution >= 0.6 is 0 Å². The Morgan fingerprint density at radius 1 is 0.964 bits per heavy atom. The molecule has 0 aromatic heterocycles. The number of carbonyl (C=O) groups is 2. The molecule has 0 spiro atoms. The number of benzene rings is 3. The van der Waals surface area contributed by atoms with Gasteiger partial charge in [-0.3, -0.25) is 4.79 Å². The molecule has 28 heavy (non-hydrogen) atoms. The summed E-state index contributed by atoms with van der Waals surface area (Å²) in [5, 5.41) is 11.7. The predicted octanol–water partition coefficient (Wildman–Crippen LogP) is 5.14. The van der Waals surface area contributed by atoms with Gasteiger partial charge in [-0.05, 0) is 35.7 Å². The van der Waals surface area contributed by atoms with Gasteiger partial charge in [0.25, 0.3) is 5.91 Å². The molecule has 0 aliphatic carbocycles. The lowest BCUT2D eigenvalue weighted by molar-refractivity contribution is 0.0692. The molecule has 142 valence electrons. The first kappa shape index (κ1) is 19.2. The van der Waals surface area contributed by atoms with E-state index in [4.69, 9.17) is 0 Å². The zero-order chi connectivity index (χ0) is 20.3. The van der Waals surface area contributed by atoms with E-state index >= 15 is 0 Å². The summed E-state index contributed by atoms with van der Waals surface area (Å²) in [5.74, 6) is -3.80. The normalized spacial score (nSPS) is 10.5. The fourth-order valence-electron chi connectivity index (χ4n) is 2.94. The zero-order valence-corrected chi connectivity index (χ0v) is 15.0. The van der Waals surface area contributed by atoms with Crippen LogP contribution in [0.25, 0.3) is 11.1 Å². The van der Waals surface area contributed by atoms with Gasteiger partial charge in [-0.2, -0.15) is 0 Å². The minimum absolute atomic E-state index is 0.119. The Hall–Kier alpha value is -3.54. The van der Waals surface area contributed by atoms with E-state index in [0.717, 1.165) is 18.1 Å². The summed E-state index contributed by atoms with van der Waals surface area (Å²) in [6.07, 6.45) is 0.735. The number of hydrogen-bond acceptors (Lipinski definition) is 2. The number of aromatic carboxylic acids is 1. The summed E-state index contributed by atoms with van der Waals surface area (Å²) in [4.78, 5) is 24.0. The minimum atomic E-state index is -1.28. The number of aryl methyl sites for hydroxylation is 1. The van der Waals surface area contributed by atoms with Crippen molar-refractivity contribution in [1.29, 1.82) is 0 Å². The lowest BCUT2D eigenvalue weighted by Gasteiger charge is -2.14. The Morgan fingerprint density at radius 3 is 2.36 bits per heavy atom. The number of amides is 1. The minimum Gasteiger partial charge on any atom is -0.478 e. The van der Waals surface area contributed by atoms with Crippen LogP contribution in [0.1, 0.15) is 33.2 Å². The highest BCUT2D eigenvalue weighted by Gasteiger charge is 2.20. The van der Waals surface area contributed by atoms with Gasteiger partial charge in [0.1, 0.15) is 11.6 Å². The van der Waals surface area contributed by atoms with Crippen LogP contribution in [0, 0.1) is 11.6 Å².